The van der Waals surface area contributed by atoms with Crippen molar-refractivity contribution in [1.82, 2.24) is 0 Å². The lowest BCUT2D eigenvalue weighted by Gasteiger charge is -2.26. The molecule has 2 aliphatic rings. The topological polar surface area (TPSA) is 65.0 Å². The normalized spacial score (nSPS) is 37.7. The van der Waals surface area contributed by atoms with Crippen LogP contribution in [0.4, 0.5) is 0 Å². The van der Waals surface area contributed by atoms with Gasteiger partial charge in [0.05, 0.1) is 12.2 Å². The predicted octanol–water partition coefficient (Wildman–Crippen LogP) is 2.59. The molecule has 130 valence electrons. The number of carbonyl (C=O) groups excluding carboxylic acids is 1. The second-order valence-corrected chi connectivity index (χ2v) is 6.51. The van der Waals surface area contributed by atoms with Crippen molar-refractivity contribution in [2.24, 2.45) is 11.8 Å². The van der Waals surface area contributed by atoms with Gasteiger partial charge in [-0.3, -0.25) is 0 Å². The van der Waals surface area contributed by atoms with Gasteiger partial charge in [0.25, 0.3) is 0 Å². The average molecular weight is 324 g/mol. The number of hydrogen-bond acceptors (Lipinski definition) is 5. The van der Waals surface area contributed by atoms with E-state index in [0.717, 1.165) is 19.3 Å². The fraction of sp³-hybridized carbons (Fsp3) is 0.722. The summed E-state index contributed by atoms with van der Waals surface area (Å²) in [6.45, 7) is 1.89. The quantitative estimate of drug-likeness (QED) is 0.480. The Labute approximate surface area is 138 Å². The summed E-state index contributed by atoms with van der Waals surface area (Å²) >= 11 is 0. The Morgan fingerprint density at radius 2 is 2.00 bits per heavy atom. The van der Waals surface area contributed by atoms with E-state index in [9.17, 15) is 9.90 Å². The minimum absolute atomic E-state index is 0.0478. The highest BCUT2D eigenvalue weighted by molar-refractivity contribution is 5.82. The summed E-state index contributed by atoms with van der Waals surface area (Å²) in [5.41, 5.74) is 0. The zero-order valence-corrected chi connectivity index (χ0v) is 14.2. The third-order valence-corrected chi connectivity index (χ3v) is 4.94. The second kappa shape index (κ2) is 8.08. The van der Waals surface area contributed by atoms with Gasteiger partial charge in [0.2, 0.25) is 0 Å². The Balaban J connectivity index is 2.19. The first-order chi connectivity index (χ1) is 11.0. The van der Waals surface area contributed by atoms with Crippen LogP contribution in [-0.2, 0) is 19.0 Å². The van der Waals surface area contributed by atoms with E-state index in [-0.39, 0.29) is 17.9 Å². The molecule has 1 aliphatic carbocycles. The van der Waals surface area contributed by atoms with Crippen molar-refractivity contribution in [3.05, 3.63) is 24.3 Å². The number of allylic oxidation sites excluding steroid dienone is 2. The fourth-order valence-electron chi connectivity index (χ4n) is 3.52. The summed E-state index contributed by atoms with van der Waals surface area (Å²) in [6.07, 6.45) is 10.4. The van der Waals surface area contributed by atoms with Crippen molar-refractivity contribution in [2.75, 3.05) is 14.2 Å². The number of cyclic esters (lactones) is 1. The molecule has 1 heterocycles. The Kier molecular flexibility index (Phi) is 6.39. The van der Waals surface area contributed by atoms with Crippen LogP contribution >= 0.6 is 0 Å². The van der Waals surface area contributed by atoms with Gasteiger partial charge in [-0.2, -0.15) is 0 Å². The number of rotatable bonds is 2. The number of aliphatic hydroxyl groups excluding tert-OH is 1. The lowest BCUT2D eigenvalue weighted by Crippen LogP contribution is -2.31. The van der Waals surface area contributed by atoms with Crippen molar-refractivity contribution in [1.29, 1.82) is 0 Å². The molecule has 2 rings (SSSR count). The van der Waals surface area contributed by atoms with Crippen molar-refractivity contribution in [3.63, 3.8) is 0 Å². The van der Waals surface area contributed by atoms with Gasteiger partial charge in [-0.1, -0.05) is 12.2 Å². The minimum atomic E-state index is -0.736. The number of methoxy groups -OCH3 is 2. The minimum Gasteiger partial charge on any atom is -0.460 e. The summed E-state index contributed by atoms with van der Waals surface area (Å²) in [5.74, 6) is -0.958. The first kappa shape index (κ1) is 18.2. The third kappa shape index (κ3) is 4.66. The molecule has 0 unspecified atom stereocenters. The van der Waals surface area contributed by atoms with Crippen LogP contribution in [0.2, 0.25) is 0 Å². The van der Waals surface area contributed by atoms with E-state index < -0.39 is 17.9 Å². The van der Waals surface area contributed by atoms with Crippen LogP contribution in [0.1, 0.15) is 39.0 Å². The number of carbonyl (C=O) groups is 1. The average Bonchev–Trinajstić information content (AvgIpc) is 2.91. The molecule has 0 radical (unpaired) electrons. The standard InChI is InChI=1S/C18H28O5/c1-13-7-5-4-6-8-14-11-18(21-2,22-3)12-15(14)16(19)9-10-17(20)23-13/h6,8-10,13-16,19H,4-5,7,11-12H2,1-3H3/b8-6+,10-9+/t13-,14+,15+,16+/m0/s1. The van der Waals surface area contributed by atoms with Gasteiger partial charge in [0, 0.05) is 33.1 Å². The summed E-state index contributed by atoms with van der Waals surface area (Å²) in [7, 11) is 3.26. The number of fused-ring (bicyclic) bond motifs is 1. The number of hydrogen-bond donors (Lipinski definition) is 1. The van der Waals surface area contributed by atoms with Crippen molar-refractivity contribution in [3.8, 4) is 0 Å². The van der Waals surface area contributed by atoms with Gasteiger partial charge >= 0.3 is 5.97 Å². The fourth-order valence-corrected chi connectivity index (χ4v) is 3.52. The number of ether oxygens (including phenoxy) is 3. The first-order valence-electron chi connectivity index (χ1n) is 8.33. The molecule has 1 saturated carbocycles. The van der Waals surface area contributed by atoms with E-state index in [1.807, 2.05) is 6.92 Å². The Morgan fingerprint density at radius 1 is 1.26 bits per heavy atom. The molecule has 23 heavy (non-hydrogen) atoms. The Bertz CT molecular complexity index is 452. The van der Waals surface area contributed by atoms with E-state index in [1.54, 1.807) is 14.2 Å². The van der Waals surface area contributed by atoms with Gasteiger partial charge in [-0.15, -0.1) is 0 Å². The van der Waals surface area contributed by atoms with E-state index in [0.29, 0.717) is 12.8 Å². The molecule has 0 amide bonds. The summed E-state index contributed by atoms with van der Waals surface area (Å²) in [6, 6.07) is 0. The van der Waals surface area contributed by atoms with Gasteiger partial charge in [-0.25, -0.2) is 4.79 Å². The molecular formula is C18H28O5. The molecular weight excluding hydrogens is 296 g/mol. The van der Waals surface area contributed by atoms with Gasteiger partial charge in [0.15, 0.2) is 5.79 Å². The molecule has 5 nitrogen and oxygen atoms in total. The monoisotopic (exact) mass is 324 g/mol. The molecule has 5 heteroatoms. The maximum atomic E-state index is 11.8. The number of aliphatic hydroxyl groups is 1. The summed E-state index contributed by atoms with van der Waals surface area (Å²) < 4.78 is 16.4. The zero-order valence-electron chi connectivity index (χ0n) is 14.2. The Morgan fingerprint density at radius 3 is 2.70 bits per heavy atom. The lowest BCUT2D eigenvalue weighted by molar-refractivity contribution is -0.204. The number of esters is 1. The summed E-state index contributed by atoms with van der Waals surface area (Å²) in [5, 5.41) is 10.5. The molecule has 4 atom stereocenters. The molecule has 0 aromatic heterocycles. The molecule has 0 aromatic rings. The van der Waals surface area contributed by atoms with E-state index in [1.165, 1.54) is 12.2 Å². The highest BCUT2D eigenvalue weighted by atomic mass is 16.7. The highest BCUT2D eigenvalue weighted by Crippen LogP contribution is 2.44. The molecule has 1 fully saturated rings. The Hall–Kier alpha value is -1.17. The maximum absolute atomic E-state index is 11.8. The van der Waals surface area contributed by atoms with Crippen LogP contribution in [0, 0.1) is 11.8 Å². The van der Waals surface area contributed by atoms with Crippen LogP contribution in [0.5, 0.6) is 0 Å². The van der Waals surface area contributed by atoms with E-state index >= 15 is 0 Å². The second-order valence-electron chi connectivity index (χ2n) is 6.51. The van der Waals surface area contributed by atoms with E-state index in [2.05, 4.69) is 12.2 Å². The first-order valence-corrected chi connectivity index (χ1v) is 8.33. The third-order valence-electron chi connectivity index (χ3n) is 4.94. The molecule has 0 spiro atoms. The van der Waals surface area contributed by atoms with Crippen molar-refractivity contribution in [2.45, 2.75) is 57.0 Å². The zero-order chi connectivity index (χ0) is 16.9. The predicted molar refractivity (Wildman–Crippen MR) is 86.7 cm³/mol. The highest BCUT2D eigenvalue weighted by Gasteiger charge is 2.47. The molecule has 1 N–H and O–H groups in total. The van der Waals surface area contributed by atoms with Crippen LogP contribution in [0.3, 0.4) is 0 Å². The van der Waals surface area contributed by atoms with E-state index in [4.69, 9.17) is 14.2 Å². The van der Waals surface area contributed by atoms with Crippen LogP contribution in [0.15, 0.2) is 24.3 Å². The van der Waals surface area contributed by atoms with Gasteiger partial charge in [0.1, 0.15) is 0 Å². The van der Waals surface area contributed by atoms with Gasteiger partial charge < -0.3 is 19.3 Å². The summed E-state index contributed by atoms with van der Waals surface area (Å²) in [4.78, 5) is 11.8. The smallest absolute Gasteiger partial charge is 0.330 e. The maximum Gasteiger partial charge on any atom is 0.330 e. The molecule has 1 aliphatic heterocycles. The van der Waals surface area contributed by atoms with Crippen molar-refractivity contribution >= 4 is 5.97 Å². The lowest BCUT2D eigenvalue weighted by atomic mass is 9.90. The SMILES string of the molecule is COC1(OC)C[C@H]2[C@H](O)/C=C/C(=O)O[C@@H](C)CCC/C=C/[C@@H]2C1. The van der Waals surface area contributed by atoms with Gasteiger partial charge in [-0.05, 0) is 44.1 Å². The van der Waals surface area contributed by atoms with Crippen LogP contribution in [-0.4, -0.2) is 43.3 Å². The molecule has 0 saturated heterocycles. The van der Waals surface area contributed by atoms with Crippen LogP contribution < -0.4 is 0 Å². The van der Waals surface area contributed by atoms with Crippen LogP contribution in [0.25, 0.3) is 0 Å². The molecule has 0 bridgehead atoms. The molecule has 0 aromatic carbocycles. The largest absolute Gasteiger partial charge is 0.460 e. The van der Waals surface area contributed by atoms with Crippen molar-refractivity contribution < 1.29 is 24.1 Å².